The fourth-order valence-corrected chi connectivity index (χ4v) is 5.07. The molecule has 1 aliphatic heterocycles. The van der Waals surface area contributed by atoms with Gasteiger partial charge in [0.1, 0.15) is 12.6 Å². The quantitative estimate of drug-likeness (QED) is 0.598. The minimum Gasteiger partial charge on any atom is -0.481 e. The third-order valence-corrected chi connectivity index (χ3v) is 7.08. The van der Waals surface area contributed by atoms with Crippen molar-refractivity contribution < 1.29 is 29.0 Å². The van der Waals surface area contributed by atoms with E-state index in [1.807, 2.05) is 36.4 Å². The maximum absolute atomic E-state index is 13.2. The SMILES string of the molecule is COC1CN(C(=O)C(CCC(=O)O)NC(=O)OCC2c3ccccc3-c3ccccc32)CCC1C. The van der Waals surface area contributed by atoms with Crippen molar-refractivity contribution in [2.45, 2.75) is 44.2 Å². The van der Waals surface area contributed by atoms with Crippen LogP contribution in [0.3, 0.4) is 0 Å². The molecule has 2 amide bonds. The number of nitrogens with one attached hydrogen (secondary N) is 1. The zero-order chi connectivity index (χ0) is 24.9. The van der Waals surface area contributed by atoms with Crippen LogP contribution >= 0.6 is 0 Å². The van der Waals surface area contributed by atoms with Gasteiger partial charge in [-0.2, -0.15) is 0 Å². The number of piperidine rings is 1. The van der Waals surface area contributed by atoms with Crippen molar-refractivity contribution in [1.82, 2.24) is 10.2 Å². The number of amides is 2. The summed E-state index contributed by atoms with van der Waals surface area (Å²) in [4.78, 5) is 38.8. The molecule has 186 valence electrons. The lowest BCUT2D eigenvalue weighted by atomic mass is 9.95. The van der Waals surface area contributed by atoms with E-state index in [4.69, 9.17) is 14.6 Å². The molecule has 0 spiro atoms. The topological polar surface area (TPSA) is 105 Å². The first-order chi connectivity index (χ1) is 16.9. The molecule has 8 nitrogen and oxygen atoms in total. The molecule has 2 aliphatic rings. The van der Waals surface area contributed by atoms with Gasteiger partial charge in [-0.25, -0.2) is 4.79 Å². The van der Waals surface area contributed by atoms with E-state index in [0.717, 1.165) is 28.7 Å². The fourth-order valence-electron chi connectivity index (χ4n) is 5.07. The number of carboxylic acids is 1. The molecule has 0 bridgehead atoms. The average Bonchev–Trinajstić information content (AvgIpc) is 3.18. The normalized spacial score (nSPS) is 20.0. The summed E-state index contributed by atoms with van der Waals surface area (Å²) < 4.78 is 11.1. The zero-order valence-corrected chi connectivity index (χ0v) is 20.1. The molecule has 1 aliphatic carbocycles. The van der Waals surface area contributed by atoms with Crippen LogP contribution in [0, 0.1) is 5.92 Å². The van der Waals surface area contributed by atoms with Gasteiger partial charge >= 0.3 is 12.1 Å². The smallest absolute Gasteiger partial charge is 0.407 e. The van der Waals surface area contributed by atoms with Gasteiger partial charge in [0.2, 0.25) is 5.91 Å². The summed E-state index contributed by atoms with van der Waals surface area (Å²) in [6, 6.07) is 15.1. The number of benzene rings is 2. The summed E-state index contributed by atoms with van der Waals surface area (Å²) in [5, 5.41) is 11.8. The van der Waals surface area contributed by atoms with Crippen molar-refractivity contribution >= 4 is 18.0 Å². The number of ether oxygens (including phenoxy) is 2. The number of hydrogen-bond acceptors (Lipinski definition) is 5. The Balaban J connectivity index is 1.42. The van der Waals surface area contributed by atoms with Crippen molar-refractivity contribution in [3.05, 3.63) is 59.7 Å². The number of carbonyl (C=O) groups excluding carboxylic acids is 2. The van der Waals surface area contributed by atoms with Crippen LogP contribution in [0.25, 0.3) is 11.1 Å². The summed E-state index contributed by atoms with van der Waals surface area (Å²) in [6.07, 6.45) is -0.299. The maximum atomic E-state index is 13.2. The molecule has 1 fully saturated rings. The molecule has 2 N–H and O–H groups in total. The predicted molar refractivity (Wildman–Crippen MR) is 130 cm³/mol. The van der Waals surface area contributed by atoms with E-state index in [1.165, 1.54) is 0 Å². The number of alkyl carbamates (subject to hydrolysis) is 1. The van der Waals surface area contributed by atoms with Crippen LogP contribution in [0.5, 0.6) is 0 Å². The van der Waals surface area contributed by atoms with E-state index >= 15 is 0 Å². The number of aliphatic carboxylic acids is 1. The lowest BCUT2D eigenvalue weighted by molar-refractivity contribution is -0.140. The first kappa shape index (κ1) is 24.7. The number of rotatable bonds is 8. The van der Waals surface area contributed by atoms with Gasteiger partial charge in [0.25, 0.3) is 0 Å². The Bertz CT molecular complexity index is 1040. The number of fused-ring (bicyclic) bond motifs is 3. The molecule has 8 heteroatoms. The van der Waals surface area contributed by atoms with Crippen molar-refractivity contribution in [2.75, 3.05) is 26.8 Å². The molecule has 0 saturated carbocycles. The van der Waals surface area contributed by atoms with Crippen molar-refractivity contribution in [3.63, 3.8) is 0 Å². The summed E-state index contributed by atoms with van der Waals surface area (Å²) in [6.45, 7) is 3.14. The molecule has 1 heterocycles. The Kier molecular flexibility index (Phi) is 7.70. The van der Waals surface area contributed by atoms with E-state index in [0.29, 0.717) is 19.0 Å². The van der Waals surface area contributed by atoms with Gasteiger partial charge in [-0.3, -0.25) is 9.59 Å². The number of methoxy groups -OCH3 is 1. The van der Waals surface area contributed by atoms with Gasteiger partial charge in [0.05, 0.1) is 6.10 Å². The fraction of sp³-hybridized carbons (Fsp3) is 0.444. The number of likely N-dealkylation sites (tertiary alicyclic amines) is 1. The van der Waals surface area contributed by atoms with Crippen LogP contribution in [-0.4, -0.2) is 66.9 Å². The van der Waals surface area contributed by atoms with Crippen molar-refractivity contribution in [3.8, 4) is 11.1 Å². The average molecular weight is 481 g/mol. The molecule has 3 unspecified atom stereocenters. The summed E-state index contributed by atoms with van der Waals surface area (Å²) in [7, 11) is 1.62. The van der Waals surface area contributed by atoms with Crippen LogP contribution in [-0.2, 0) is 19.1 Å². The summed E-state index contributed by atoms with van der Waals surface area (Å²) in [5.41, 5.74) is 4.43. The molecule has 1 saturated heterocycles. The van der Waals surface area contributed by atoms with Crippen LogP contribution in [0.1, 0.15) is 43.2 Å². The van der Waals surface area contributed by atoms with Gasteiger partial charge in [-0.1, -0.05) is 55.5 Å². The largest absolute Gasteiger partial charge is 0.481 e. The molecule has 0 aromatic heterocycles. The van der Waals surface area contributed by atoms with E-state index in [1.54, 1.807) is 12.0 Å². The standard InChI is InChI=1S/C27H32N2O6/c1-17-13-14-29(15-24(17)34-2)26(32)23(11-12-25(30)31)28-27(33)35-16-22-20-9-5-3-7-18(20)19-8-4-6-10-21(19)22/h3-10,17,22-24H,11-16H2,1-2H3,(H,28,33)(H,30,31). The van der Waals surface area contributed by atoms with E-state index in [-0.39, 0.29) is 37.4 Å². The lowest BCUT2D eigenvalue weighted by Gasteiger charge is -2.37. The van der Waals surface area contributed by atoms with Crippen LogP contribution < -0.4 is 5.32 Å². The summed E-state index contributed by atoms with van der Waals surface area (Å²) in [5.74, 6) is -1.13. The monoisotopic (exact) mass is 480 g/mol. The second-order valence-corrected chi connectivity index (χ2v) is 9.28. The molecule has 35 heavy (non-hydrogen) atoms. The van der Waals surface area contributed by atoms with Crippen LogP contribution in [0.2, 0.25) is 0 Å². The zero-order valence-electron chi connectivity index (χ0n) is 20.1. The van der Waals surface area contributed by atoms with Crippen molar-refractivity contribution in [1.29, 1.82) is 0 Å². The third kappa shape index (κ3) is 5.48. The Morgan fingerprint density at radius 1 is 1.09 bits per heavy atom. The minimum atomic E-state index is -1.03. The predicted octanol–water partition coefficient (Wildman–Crippen LogP) is 3.64. The summed E-state index contributed by atoms with van der Waals surface area (Å²) >= 11 is 0. The number of hydrogen-bond donors (Lipinski definition) is 2. The first-order valence-corrected chi connectivity index (χ1v) is 12.0. The van der Waals surface area contributed by atoms with Gasteiger partial charge in [0, 0.05) is 32.5 Å². The molecule has 4 rings (SSSR count). The van der Waals surface area contributed by atoms with Gasteiger partial charge < -0.3 is 24.8 Å². The van der Waals surface area contributed by atoms with Crippen LogP contribution in [0.15, 0.2) is 48.5 Å². The second kappa shape index (κ2) is 10.9. The lowest BCUT2D eigenvalue weighted by Crippen LogP contribution is -2.54. The van der Waals surface area contributed by atoms with Gasteiger partial charge in [-0.05, 0) is 41.0 Å². The van der Waals surface area contributed by atoms with E-state index < -0.39 is 18.1 Å². The molecule has 0 radical (unpaired) electrons. The highest BCUT2D eigenvalue weighted by atomic mass is 16.5. The molecular weight excluding hydrogens is 448 g/mol. The van der Waals surface area contributed by atoms with E-state index in [2.05, 4.69) is 24.4 Å². The van der Waals surface area contributed by atoms with E-state index in [9.17, 15) is 14.4 Å². The van der Waals surface area contributed by atoms with Gasteiger partial charge in [-0.15, -0.1) is 0 Å². The Labute approximate surface area is 205 Å². The molecular formula is C27H32N2O6. The molecule has 2 aromatic carbocycles. The highest BCUT2D eigenvalue weighted by Gasteiger charge is 2.34. The van der Waals surface area contributed by atoms with Crippen LogP contribution in [0.4, 0.5) is 4.79 Å². The maximum Gasteiger partial charge on any atom is 0.407 e. The minimum absolute atomic E-state index is 0.0118. The van der Waals surface area contributed by atoms with Crippen molar-refractivity contribution in [2.24, 2.45) is 5.92 Å². The second-order valence-electron chi connectivity index (χ2n) is 9.28. The highest BCUT2D eigenvalue weighted by Crippen LogP contribution is 2.44. The third-order valence-electron chi connectivity index (χ3n) is 7.08. The molecule has 2 aromatic rings. The number of carbonyl (C=O) groups is 3. The molecule has 3 atom stereocenters. The first-order valence-electron chi connectivity index (χ1n) is 12.0. The Morgan fingerprint density at radius 3 is 2.31 bits per heavy atom. The van der Waals surface area contributed by atoms with Gasteiger partial charge in [0.15, 0.2) is 0 Å². The highest BCUT2D eigenvalue weighted by molar-refractivity contribution is 5.86. The number of carboxylic acid groups (broad SMARTS) is 1. The number of nitrogens with zero attached hydrogens (tertiary/aromatic N) is 1. The Morgan fingerprint density at radius 2 is 1.71 bits per heavy atom. The Hall–Kier alpha value is -3.39.